The molecule has 0 aliphatic carbocycles. The minimum absolute atomic E-state index is 0. The van der Waals surface area contributed by atoms with Crippen LogP contribution in [0.1, 0.15) is 11.6 Å². The molecule has 1 N–H and O–H groups in total. The van der Waals surface area contributed by atoms with Gasteiger partial charge >= 0.3 is 0 Å². The van der Waals surface area contributed by atoms with E-state index in [0.29, 0.717) is 11.3 Å². The number of halogens is 3. The zero-order chi connectivity index (χ0) is 13.0. The van der Waals surface area contributed by atoms with Gasteiger partial charge in [-0.1, -0.05) is 6.07 Å². The molecule has 1 aromatic rings. The zero-order valence-corrected chi connectivity index (χ0v) is 11.7. The summed E-state index contributed by atoms with van der Waals surface area (Å²) in [6.07, 6.45) is 0. The standard InChI is InChI=1S/C13H18F2N2O.ClH/c1-18-10-2-3-11(12(15)8-10)13(9-14)17-6-4-16-5-7-17;/h2-3,8,13,16H,4-7,9H2,1H3;1H/t13-;/m1./s1. The minimum atomic E-state index is -0.580. The molecule has 3 nitrogen and oxygen atoms in total. The topological polar surface area (TPSA) is 24.5 Å². The monoisotopic (exact) mass is 292 g/mol. The summed E-state index contributed by atoms with van der Waals surface area (Å²) >= 11 is 0. The Labute approximate surface area is 118 Å². The number of methoxy groups -OCH3 is 1. The van der Waals surface area contributed by atoms with E-state index >= 15 is 0 Å². The first-order valence-corrected chi connectivity index (χ1v) is 6.10. The molecule has 1 fully saturated rings. The number of hydrogen-bond acceptors (Lipinski definition) is 3. The number of ether oxygens (including phenoxy) is 1. The molecule has 6 heteroatoms. The third kappa shape index (κ3) is 3.78. The van der Waals surface area contributed by atoms with Gasteiger partial charge in [-0.2, -0.15) is 0 Å². The molecule has 0 bridgehead atoms. The van der Waals surface area contributed by atoms with Crippen LogP contribution in [0, 0.1) is 5.82 Å². The van der Waals surface area contributed by atoms with Crippen molar-refractivity contribution in [3.05, 3.63) is 29.6 Å². The largest absolute Gasteiger partial charge is 0.497 e. The van der Waals surface area contributed by atoms with E-state index in [-0.39, 0.29) is 12.4 Å². The van der Waals surface area contributed by atoms with Crippen molar-refractivity contribution in [2.75, 3.05) is 40.0 Å². The summed E-state index contributed by atoms with van der Waals surface area (Å²) in [6, 6.07) is 4.09. The Kier molecular flexibility index (Phi) is 6.48. The van der Waals surface area contributed by atoms with Crippen LogP contribution in [0.25, 0.3) is 0 Å². The van der Waals surface area contributed by atoms with Gasteiger partial charge in [0.25, 0.3) is 0 Å². The fourth-order valence-corrected chi connectivity index (χ4v) is 2.28. The highest BCUT2D eigenvalue weighted by molar-refractivity contribution is 5.85. The second-order valence-corrected chi connectivity index (χ2v) is 4.34. The highest BCUT2D eigenvalue weighted by Gasteiger charge is 2.24. The van der Waals surface area contributed by atoms with Crippen molar-refractivity contribution in [3.8, 4) is 5.75 Å². The number of rotatable bonds is 4. The molecular weight excluding hydrogens is 274 g/mol. The maximum atomic E-state index is 13.9. The van der Waals surface area contributed by atoms with E-state index in [1.807, 2.05) is 4.90 Å². The van der Waals surface area contributed by atoms with Gasteiger partial charge in [0.15, 0.2) is 0 Å². The van der Waals surface area contributed by atoms with Crippen molar-refractivity contribution in [2.45, 2.75) is 6.04 Å². The molecule has 0 unspecified atom stereocenters. The number of nitrogens with one attached hydrogen (secondary N) is 1. The highest BCUT2D eigenvalue weighted by Crippen LogP contribution is 2.27. The van der Waals surface area contributed by atoms with Crippen molar-refractivity contribution in [1.29, 1.82) is 0 Å². The second-order valence-electron chi connectivity index (χ2n) is 4.34. The Hall–Kier alpha value is -0.910. The van der Waals surface area contributed by atoms with E-state index in [2.05, 4.69) is 5.32 Å². The van der Waals surface area contributed by atoms with Crippen LogP contribution in [0.3, 0.4) is 0 Å². The van der Waals surface area contributed by atoms with Crippen LogP contribution >= 0.6 is 12.4 Å². The van der Waals surface area contributed by atoms with Crippen molar-refractivity contribution in [2.24, 2.45) is 0 Å². The van der Waals surface area contributed by atoms with Crippen molar-refractivity contribution in [3.63, 3.8) is 0 Å². The quantitative estimate of drug-likeness (QED) is 0.920. The Bertz CT molecular complexity index is 400. The molecule has 19 heavy (non-hydrogen) atoms. The molecule has 0 radical (unpaired) electrons. The van der Waals surface area contributed by atoms with Gasteiger partial charge in [-0.15, -0.1) is 12.4 Å². The molecular formula is C13H19ClF2N2O. The summed E-state index contributed by atoms with van der Waals surface area (Å²) in [6.45, 7) is 2.52. The van der Waals surface area contributed by atoms with Gasteiger partial charge in [0.05, 0.1) is 13.2 Å². The molecule has 1 aliphatic rings. The van der Waals surface area contributed by atoms with Gasteiger partial charge in [0, 0.05) is 37.8 Å². The number of piperazine rings is 1. The summed E-state index contributed by atoms with van der Waals surface area (Å²) in [4.78, 5) is 1.97. The lowest BCUT2D eigenvalue weighted by molar-refractivity contribution is 0.144. The molecule has 2 rings (SSSR count). The Morgan fingerprint density at radius 1 is 1.37 bits per heavy atom. The lowest BCUT2D eigenvalue weighted by Crippen LogP contribution is -2.45. The molecule has 108 valence electrons. The molecule has 1 heterocycles. The van der Waals surface area contributed by atoms with Gasteiger partial charge < -0.3 is 10.1 Å². The molecule has 1 aromatic carbocycles. The fraction of sp³-hybridized carbons (Fsp3) is 0.538. The van der Waals surface area contributed by atoms with E-state index in [1.165, 1.54) is 13.2 Å². The smallest absolute Gasteiger partial charge is 0.131 e. The molecule has 1 saturated heterocycles. The zero-order valence-electron chi connectivity index (χ0n) is 10.9. The normalized spacial score (nSPS) is 17.6. The summed E-state index contributed by atoms with van der Waals surface area (Å²) in [5.74, 6) is 0.0460. The van der Waals surface area contributed by atoms with E-state index in [0.717, 1.165) is 26.2 Å². The lowest BCUT2D eigenvalue weighted by Gasteiger charge is -2.33. The van der Waals surface area contributed by atoms with Crippen LogP contribution in [0.15, 0.2) is 18.2 Å². The van der Waals surface area contributed by atoms with Crippen molar-refractivity contribution < 1.29 is 13.5 Å². The van der Waals surface area contributed by atoms with E-state index in [1.54, 1.807) is 12.1 Å². The molecule has 0 saturated carbocycles. The van der Waals surface area contributed by atoms with E-state index in [9.17, 15) is 8.78 Å². The predicted octanol–water partition coefficient (Wildman–Crippen LogP) is 2.17. The minimum Gasteiger partial charge on any atom is -0.497 e. The summed E-state index contributed by atoms with van der Waals surface area (Å²) < 4.78 is 32.1. The van der Waals surface area contributed by atoms with Gasteiger partial charge in [0.2, 0.25) is 0 Å². The maximum absolute atomic E-state index is 13.9. The Morgan fingerprint density at radius 2 is 2.05 bits per heavy atom. The summed E-state index contributed by atoms with van der Waals surface area (Å²) in [5.41, 5.74) is 0.403. The molecule has 0 amide bonds. The number of alkyl halides is 1. The van der Waals surface area contributed by atoms with Gasteiger partial charge in [0.1, 0.15) is 18.2 Å². The van der Waals surface area contributed by atoms with Crippen molar-refractivity contribution in [1.82, 2.24) is 10.2 Å². The first-order valence-electron chi connectivity index (χ1n) is 6.10. The fourth-order valence-electron chi connectivity index (χ4n) is 2.28. The van der Waals surface area contributed by atoms with Gasteiger partial charge in [-0.25, -0.2) is 8.78 Å². The van der Waals surface area contributed by atoms with Gasteiger partial charge in [-0.3, -0.25) is 4.90 Å². The average Bonchev–Trinajstić information content (AvgIpc) is 2.42. The van der Waals surface area contributed by atoms with Crippen molar-refractivity contribution >= 4 is 12.4 Å². The molecule has 0 spiro atoms. The number of nitrogens with zero attached hydrogens (tertiary/aromatic N) is 1. The van der Waals surface area contributed by atoms with Crippen LogP contribution in [0.2, 0.25) is 0 Å². The summed E-state index contributed by atoms with van der Waals surface area (Å²) in [7, 11) is 1.48. The van der Waals surface area contributed by atoms with Crippen LogP contribution in [-0.4, -0.2) is 44.9 Å². The van der Waals surface area contributed by atoms with Crippen LogP contribution in [-0.2, 0) is 0 Å². The maximum Gasteiger partial charge on any atom is 0.131 e. The van der Waals surface area contributed by atoms with E-state index in [4.69, 9.17) is 4.74 Å². The first-order chi connectivity index (χ1) is 8.76. The number of benzene rings is 1. The van der Waals surface area contributed by atoms with E-state index < -0.39 is 18.5 Å². The highest BCUT2D eigenvalue weighted by atomic mass is 35.5. The molecule has 0 aromatic heterocycles. The molecule has 1 aliphatic heterocycles. The lowest BCUT2D eigenvalue weighted by atomic mass is 10.0. The first kappa shape index (κ1) is 16.1. The summed E-state index contributed by atoms with van der Waals surface area (Å²) in [5, 5.41) is 3.20. The second kappa shape index (κ2) is 7.62. The third-order valence-electron chi connectivity index (χ3n) is 3.31. The third-order valence-corrected chi connectivity index (χ3v) is 3.31. The average molecular weight is 293 g/mol. The predicted molar refractivity (Wildman–Crippen MR) is 73.4 cm³/mol. The Balaban J connectivity index is 0.00000180. The van der Waals surface area contributed by atoms with Crippen LogP contribution in [0.4, 0.5) is 8.78 Å². The van der Waals surface area contributed by atoms with Crippen LogP contribution < -0.4 is 10.1 Å². The molecule has 1 atom stereocenters. The van der Waals surface area contributed by atoms with Gasteiger partial charge in [-0.05, 0) is 6.07 Å². The van der Waals surface area contributed by atoms with Crippen LogP contribution in [0.5, 0.6) is 5.75 Å². The number of hydrogen-bond donors (Lipinski definition) is 1. The SMILES string of the molecule is COc1ccc([C@@H](CF)N2CCNCC2)c(F)c1.Cl. The Morgan fingerprint density at radius 3 is 2.58 bits per heavy atom.